The van der Waals surface area contributed by atoms with Gasteiger partial charge in [-0.15, -0.1) is 0 Å². The quantitative estimate of drug-likeness (QED) is 0.209. The fourth-order valence-corrected chi connectivity index (χ4v) is 2.10. The van der Waals surface area contributed by atoms with Crippen molar-refractivity contribution in [3.63, 3.8) is 0 Å². The average Bonchev–Trinajstić information content (AvgIpc) is 2.88. The predicted molar refractivity (Wildman–Crippen MR) is 161 cm³/mol. The number of rotatable bonds is 0. The van der Waals surface area contributed by atoms with Crippen molar-refractivity contribution in [1.82, 2.24) is 35.1 Å². The van der Waals surface area contributed by atoms with E-state index in [-0.39, 0.29) is 22.3 Å². The van der Waals surface area contributed by atoms with Crippen molar-refractivity contribution in [1.29, 1.82) is 0 Å². The average molecular weight is 516 g/mol. The fraction of sp³-hybridized carbons (Fsp3) is 0.258. The van der Waals surface area contributed by atoms with E-state index < -0.39 is 0 Å². The second-order valence-electron chi connectivity index (χ2n) is 7.07. The van der Waals surface area contributed by atoms with E-state index in [4.69, 9.17) is 0 Å². The van der Waals surface area contributed by atoms with Crippen LogP contribution in [-0.2, 0) is 0 Å². The summed E-state index contributed by atoms with van der Waals surface area (Å²) >= 11 is 0. The van der Waals surface area contributed by atoms with Gasteiger partial charge in [-0.2, -0.15) is 10.2 Å². The highest BCUT2D eigenvalue weighted by atomic mass is 15.1. The van der Waals surface area contributed by atoms with Gasteiger partial charge >= 0.3 is 0 Å². The van der Waals surface area contributed by atoms with Gasteiger partial charge < -0.3 is 0 Å². The van der Waals surface area contributed by atoms with Gasteiger partial charge in [0.2, 0.25) is 0 Å². The minimum atomic E-state index is 0. The van der Waals surface area contributed by atoms with E-state index in [1.54, 1.807) is 43.2 Å². The summed E-state index contributed by atoms with van der Waals surface area (Å²) in [6, 6.07) is 23.1. The Labute approximate surface area is 230 Å². The lowest BCUT2D eigenvalue weighted by atomic mass is 10.4. The van der Waals surface area contributed by atoms with Crippen LogP contribution in [0.5, 0.6) is 0 Å². The van der Waals surface area contributed by atoms with Crippen molar-refractivity contribution in [2.75, 3.05) is 0 Å². The van der Waals surface area contributed by atoms with E-state index in [9.17, 15) is 0 Å². The van der Waals surface area contributed by atoms with Gasteiger partial charge in [-0.3, -0.25) is 15.0 Å². The van der Waals surface area contributed by atoms with Crippen LogP contribution in [0.15, 0.2) is 110 Å². The highest BCUT2D eigenvalue weighted by molar-refractivity contribution is 5.01. The van der Waals surface area contributed by atoms with Crippen LogP contribution in [0.25, 0.3) is 0 Å². The molecule has 7 heteroatoms. The summed E-state index contributed by atoms with van der Waals surface area (Å²) in [5.41, 5.74) is 4.18. The maximum absolute atomic E-state index is 3.98. The molecule has 0 aromatic carbocycles. The molecule has 0 unspecified atom stereocenters. The first-order valence-corrected chi connectivity index (χ1v) is 11.1. The summed E-state index contributed by atoms with van der Waals surface area (Å²) in [6.07, 6.45) is 10.5. The molecular formula is C31H45N7. The first kappa shape index (κ1) is 38.1. The number of aryl methyl sites for hydroxylation is 5. The fourth-order valence-electron chi connectivity index (χ4n) is 2.10. The minimum Gasteiger partial charge on any atom is -0.262 e. The third-order valence-electron chi connectivity index (χ3n) is 3.84. The third kappa shape index (κ3) is 23.4. The Morgan fingerprint density at radius 3 is 0.895 bits per heavy atom. The number of aromatic nitrogens is 7. The van der Waals surface area contributed by atoms with Crippen molar-refractivity contribution in [3.8, 4) is 0 Å². The van der Waals surface area contributed by atoms with E-state index in [0.29, 0.717) is 0 Å². The van der Waals surface area contributed by atoms with Gasteiger partial charge in [0.1, 0.15) is 5.82 Å². The Balaban J connectivity index is -0.000000395. The van der Waals surface area contributed by atoms with Gasteiger partial charge in [0, 0.05) is 54.3 Å². The van der Waals surface area contributed by atoms with Gasteiger partial charge in [-0.25, -0.2) is 9.97 Å². The first-order chi connectivity index (χ1) is 17.0. The van der Waals surface area contributed by atoms with E-state index in [2.05, 4.69) is 35.1 Å². The van der Waals surface area contributed by atoms with Gasteiger partial charge in [0.05, 0.1) is 5.69 Å². The molecule has 0 saturated heterocycles. The van der Waals surface area contributed by atoms with Crippen LogP contribution in [0.4, 0.5) is 0 Å². The van der Waals surface area contributed by atoms with Crippen LogP contribution in [0.2, 0.25) is 0 Å². The van der Waals surface area contributed by atoms with Crippen LogP contribution in [0, 0.1) is 34.6 Å². The Hall–Kier alpha value is -4.39. The van der Waals surface area contributed by atoms with Crippen LogP contribution in [0.1, 0.15) is 50.9 Å². The normalized spacial score (nSPS) is 8.03. The molecule has 0 spiro atoms. The molecule has 5 aromatic rings. The lowest BCUT2D eigenvalue weighted by molar-refractivity contribution is 0.980. The van der Waals surface area contributed by atoms with E-state index in [1.807, 2.05) is 101 Å². The molecule has 0 bridgehead atoms. The van der Waals surface area contributed by atoms with Crippen LogP contribution in [-0.4, -0.2) is 35.1 Å². The molecular weight excluding hydrogens is 470 g/mol. The highest BCUT2D eigenvalue weighted by Crippen LogP contribution is 1.87. The summed E-state index contributed by atoms with van der Waals surface area (Å²) in [4.78, 5) is 19.7. The van der Waals surface area contributed by atoms with Crippen molar-refractivity contribution >= 4 is 0 Å². The molecule has 5 heterocycles. The van der Waals surface area contributed by atoms with Crippen molar-refractivity contribution in [3.05, 3.63) is 139 Å². The summed E-state index contributed by atoms with van der Waals surface area (Å²) in [5.74, 6) is 0.822. The van der Waals surface area contributed by atoms with Gasteiger partial charge in [-0.05, 0) is 89.2 Å². The number of hydrogen-bond acceptors (Lipinski definition) is 7. The zero-order valence-electron chi connectivity index (χ0n) is 21.0. The molecule has 0 N–H and O–H groups in total. The Morgan fingerprint density at radius 2 is 0.737 bits per heavy atom. The number of nitrogens with zero attached hydrogens (tertiary/aromatic N) is 7. The maximum Gasteiger partial charge on any atom is 0.125 e. The highest BCUT2D eigenvalue weighted by Gasteiger charge is 1.76. The molecule has 0 fully saturated rings. The van der Waals surface area contributed by atoms with E-state index in [0.717, 1.165) is 28.6 Å². The van der Waals surface area contributed by atoms with Crippen LogP contribution in [0.3, 0.4) is 0 Å². The van der Waals surface area contributed by atoms with Gasteiger partial charge in [-0.1, -0.05) is 40.5 Å². The molecule has 5 aromatic heterocycles. The zero-order chi connectivity index (χ0) is 25.6. The number of hydrogen-bond donors (Lipinski definition) is 0. The molecule has 0 aliphatic carbocycles. The zero-order valence-corrected chi connectivity index (χ0v) is 21.0. The lowest BCUT2D eigenvalue weighted by Crippen LogP contribution is -1.80. The topological polar surface area (TPSA) is 90.2 Å². The summed E-state index contributed by atoms with van der Waals surface area (Å²) in [5, 5.41) is 7.36. The first-order valence-electron chi connectivity index (χ1n) is 11.1. The largest absolute Gasteiger partial charge is 0.262 e. The van der Waals surface area contributed by atoms with Gasteiger partial charge in [0.15, 0.2) is 0 Å². The lowest BCUT2D eigenvalue weighted by Gasteiger charge is -1.82. The standard InChI is InChI=1S/3C6H7N.2C5H6N2.3CH4/c3*1-6-4-2-3-5-7-6;1-5-6-3-2-4-7-5;1-5-3-2-4-6-7-5;;;/h3*2-5H,1H3;2*2-4H,1H3;3*1H4. The maximum atomic E-state index is 3.98. The molecule has 0 atom stereocenters. The van der Waals surface area contributed by atoms with Crippen molar-refractivity contribution in [2.45, 2.75) is 56.9 Å². The Bertz CT molecular complexity index is 894. The molecule has 0 aliphatic heterocycles. The van der Waals surface area contributed by atoms with E-state index >= 15 is 0 Å². The smallest absolute Gasteiger partial charge is 0.125 e. The molecule has 0 amide bonds. The summed E-state index contributed by atoms with van der Waals surface area (Å²) in [6.45, 7) is 9.69. The molecule has 0 aliphatic rings. The summed E-state index contributed by atoms with van der Waals surface area (Å²) < 4.78 is 0. The van der Waals surface area contributed by atoms with Crippen molar-refractivity contribution in [2.24, 2.45) is 0 Å². The number of pyridine rings is 3. The molecule has 5 rings (SSSR count). The minimum absolute atomic E-state index is 0. The van der Waals surface area contributed by atoms with Crippen LogP contribution >= 0.6 is 0 Å². The summed E-state index contributed by atoms with van der Waals surface area (Å²) in [7, 11) is 0. The SMILES string of the molecule is C.C.C.Cc1ccccn1.Cc1ccccn1.Cc1ccccn1.Cc1cccnn1.Cc1ncccn1. The predicted octanol–water partition coefficient (Wildman–Crippen LogP) is 7.65. The molecule has 0 saturated carbocycles. The van der Waals surface area contributed by atoms with E-state index in [1.165, 1.54) is 0 Å². The molecule has 38 heavy (non-hydrogen) atoms. The van der Waals surface area contributed by atoms with Crippen molar-refractivity contribution < 1.29 is 0 Å². The Morgan fingerprint density at radius 1 is 0.368 bits per heavy atom. The monoisotopic (exact) mass is 515 g/mol. The van der Waals surface area contributed by atoms with Crippen LogP contribution < -0.4 is 0 Å². The molecule has 7 nitrogen and oxygen atoms in total. The molecule has 204 valence electrons. The van der Waals surface area contributed by atoms with Gasteiger partial charge in [0.25, 0.3) is 0 Å². The second-order valence-corrected chi connectivity index (χ2v) is 7.07. The molecule has 0 radical (unpaired) electrons. The Kier molecular flexibility index (Phi) is 25.8. The third-order valence-corrected chi connectivity index (χ3v) is 3.84. The second kappa shape index (κ2) is 25.7.